The first-order valence-electron chi connectivity index (χ1n) is 5.07. The first-order chi connectivity index (χ1) is 7.48. The first kappa shape index (κ1) is 10.8. The third kappa shape index (κ3) is 1.97. The maximum Gasteiger partial charge on any atom is 0.123 e. The Balaban J connectivity index is 2.49. The van der Waals surface area contributed by atoms with Crippen LogP contribution in [0.3, 0.4) is 0 Å². The van der Waals surface area contributed by atoms with Crippen molar-refractivity contribution in [3.8, 4) is 11.3 Å². The highest BCUT2D eigenvalue weighted by atomic mass is 19.1. The van der Waals surface area contributed by atoms with Crippen LogP contribution in [0, 0.1) is 5.82 Å². The molecule has 2 rings (SSSR count). The Hall–Kier alpha value is -1.68. The summed E-state index contributed by atoms with van der Waals surface area (Å²) < 4.78 is 12.8. The van der Waals surface area contributed by atoms with E-state index in [9.17, 15) is 4.39 Å². The van der Waals surface area contributed by atoms with Crippen molar-refractivity contribution >= 4 is 0 Å². The fourth-order valence-corrected chi connectivity index (χ4v) is 1.61. The predicted octanol–water partition coefficient (Wildman–Crippen LogP) is 2.41. The molecule has 3 nitrogen and oxygen atoms in total. The molecule has 0 aliphatic heterocycles. The van der Waals surface area contributed by atoms with Crippen LogP contribution in [-0.4, -0.2) is 10.2 Å². The lowest BCUT2D eigenvalue weighted by molar-refractivity contribution is 0.556. The minimum absolute atomic E-state index is 0.253. The Labute approximate surface area is 93.5 Å². The van der Waals surface area contributed by atoms with Gasteiger partial charge in [0, 0.05) is 16.7 Å². The highest BCUT2D eigenvalue weighted by Crippen LogP contribution is 2.27. The first-order valence-corrected chi connectivity index (χ1v) is 5.07. The van der Waals surface area contributed by atoms with E-state index in [1.54, 1.807) is 18.3 Å². The van der Waals surface area contributed by atoms with E-state index in [0.717, 1.165) is 16.8 Å². The molecule has 0 unspecified atom stereocenters. The Morgan fingerprint density at radius 1 is 1.25 bits per heavy atom. The van der Waals surface area contributed by atoms with Crippen molar-refractivity contribution in [2.45, 2.75) is 19.4 Å². The molecule has 2 aromatic rings. The van der Waals surface area contributed by atoms with Crippen molar-refractivity contribution in [2.24, 2.45) is 5.73 Å². The van der Waals surface area contributed by atoms with Crippen molar-refractivity contribution in [3.05, 3.63) is 41.8 Å². The van der Waals surface area contributed by atoms with Crippen LogP contribution in [0.25, 0.3) is 11.3 Å². The number of rotatable bonds is 2. The average Bonchev–Trinajstić information content (AvgIpc) is 2.66. The number of nitrogens with zero attached hydrogens (tertiary/aromatic N) is 1. The second-order valence-corrected chi connectivity index (χ2v) is 4.39. The minimum Gasteiger partial charge on any atom is -0.322 e. The lowest BCUT2D eigenvalue weighted by Crippen LogP contribution is -2.28. The summed E-state index contributed by atoms with van der Waals surface area (Å²) in [5.74, 6) is -0.253. The topological polar surface area (TPSA) is 54.7 Å². The Morgan fingerprint density at radius 3 is 2.44 bits per heavy atom. The van der Waals surface area contributed by atoms with Gasteiger partial charge in [-0.3, -0.25) is 5.10 Å². The van der Waals surface area contributed by atoms with Crippen LogP contribution >= 0.6 is 0 Å². The number of hydrogen-bond donors (Lipinski definition) is 2. The fraction of sp³-hybridized carbons (Fsp3) is 0.250. The molecule has 4 heteroatoms. The summed E-state index contributed by atoms with van der Waals surface area (Å²) in [7, 11) is 0. The number of nitrogens with two attached hydrogens (primary N) is 1. The van der Waals surface area contributed by atoms with E-state index in [2.05, 4.69) is 10.2 Å². The molecule has 0 bridgehead atoms. The third-order valence-corrected chi connectivity index (χ3v) is 2.47. The molecule has 3 N–H and O–H groups in total. The van der Waals surface area contributed by atoms with Gasteiger partial charge in [0.1, 0.15) is 5.82 Å². The van der Waals surface area contributed by atoms with E-state index < -0.39 is 5.54 Å². The number of nitrogens with one attached hydrogen (secondary N) is 1. The minimum atomic E-state index is -0.475. The maximum atomic E-state index is 12.8. The van der Waals surface area contributed by atoms with Gasteiger partial charge in [0.05, 0.1) is 11.9 Å². The van der Waals surface area contributed by atoms with E-state index in [-0.39, 0.29) is 5.82 Å². The smallest absolute Gasteiger partial charge is 0.123 e. The summed E-state index contributed by atoms with van der Waals surface area (Å²) in [5.41, 5.74) is 8.20. The summed E-state index contributed by atoms with van der Waals surface area (Å²) in [5, 5.41) is 6.88. The summed E-state index contributed by atoms with van der Waals surface area (Å²) in [6.45, 7) is 3.82. The quantitative estimate of drug-likeness (QED) is 0.814. The molecule has 0 aliphatic carbocycles. The van der Waals surface area contributed by atoms with Crippen molar-refractivity contribution in [2.75, 3.05) is 0 Å². The van der Waals surface area contributed by atoms with Crippen LogP contribution in [0.15, 0.2) is 30.5 Å². The summed E-state index contributed by atoms with van der Waals surface area (Å²) in [6.07, 6.45) is 1.71. The third-order valence-electron chi connectivity index (χ3n) is 2.47. The Kier molecular flexibility index (Phi) is 2.52. The number of H-pyrrole nitrogens is 1. The zero-order chi connectivity index (χ0) is 11.8. The van der Waals surface area contributed by atoms with Gasteiger partial charge in [-0.15, -0.1) is 0 Å². The monoisotopic (exact) mass is 219 g/mol. The number of aromatic amines is 1. The van der Waals surface area contributed by atoms with Gasteiger partial charge < -0.3 is 5.73 Å². The van der Waals surface area contributed by atoms with Gasteiger partial charge in [0.25, 0.3) is 0 Å². The van der Waals surface area contributed by atoms with Gasteiger partial charge in [0.15, 0.2) is 0 Å². The van der Waals surface area contributed by atoms with E-state index in [4.69, 9.17) is 5.73 Å². The van der Waals surface area contributed by atoms with Crippen LogP contribution in [0.4, 0.5) is 4.39 Å². The lowest BCUT2D eigenvalue weighted by atomic mass is 9.93. The molecule has 84 valence electrons. The lowest BCUT2D eigenvalue weighted by Gasteiger charge is -2.18. The molecule has 0 radical (unpaired) electrons. The van der Waals surface area contributed by atoms with Gasteiger partial charge >= 0.3 is 0 Å². The number of hydrogen-bond acceptors (Lipinski definition) is 2. The largest absolute Gasteiger partial charge is 0.322 e. The van der Waals surface area contributed by atoms with E-state index in [1.165, 1.54) is 12.1 Å². The highest BCUT2D eigenvalue weighted by Gasteiger charge is 2.20. The van der Waals surface area contributed by atoms with Gasteiger partial charge in [-0.25, -0.2) is 4.39 Å². The molecule has 0 spiro atoms. The molecule has 0 atom stereocenters. The van der Waals surface area contributed by atoms with E-state index >= 15 is 0 Å². The maximum absolute atomic E-state index is 12.8. The molecular weight excluding hydrogens is 205 g/mol. The molecule has 0 amide bonds. The summed E-state index contributed by atoms with van der Waals surface area (Å²) >= 11 is 0. The van der Waals surface area contributed by atoms with Crippen LogP contribution < -0.4 is 5.73 Å². The van der Waals surface area contributed by atoms with Crippen molar-refractivity contribution in [3.63, 3.8) is 0 Å². The number of benzene rings is 1. The standard InChI is InChI=1S/C12H14FN3/c1-12(2,14)10-7-15-16-11(10)8-3-5-9(13)6-4-8/h3-7H,14H2,1-2H3,(H,15,16). The van der Waals surface area contributed by atoms with Crippen molar-refractivity contribution < 1.29 is 4.39 Å². The van der Waals surface area contributed by atoms with E-state index in [1.807, 2.05) is 13.8 Å². The normalized spacial score (nSPS) is 11.8. The number of aromatic nitrogens is 2. The van der Waals surface area contributed by atoms with Gasteiger partial charge in [-0.1, -0.05) is 0 Å². The van der Waals surface area contributed by atoms with Crippen molar-refractivity contribution in [1.82, 2.24) is 10.2 Å². The molecule has 0 aliphatic rings. The SMILES string of the molecule is CC(C)(N)c1cn[nH]c1-c1ccc(F)cc1. The number of halogens is 1. The molecule has 16 heavy (non-hydrogen) atoms. The van der Waals surface area contributed by atoms with Crippen LogP contribution in [-0.2, 0) is 5.54 Å². The molecule has 1 aromatic heterocycles. The van der Waals surface area contributed by atoms with Crippen LogP contribution in [0.5, 0.6) is 0 Å². The van der Waals surface area contributed by atoms with Crippen molar-refractivity contribution in [1.29, 1.82) is 0 Å². The molecular formula is C12H14FN3. The zero-order valence-corrected chi connectivity index (χ0v) is 9.29. The summed E-state index contributed by atoms with van der Waals surface area (Å²) in [6, 6.07) is 6.25. The molecule has 0 saturated heterocycles. The highest BCUT2D eigenvalue weighted by molar-refractivity contribution is 5.63. The van der Waals surface area contributed by atoms with Gasteiger partial charge in [0.2, 0.25) is 0 Å². The van der Waals surface area contributed by atoms with Gasteiger partial charge in [-0.2, -0.15) is 5.10 Å². The van der Waals surface area contributed by atoms with E-state index in [0.29, 0.717) is 0 Å². The predicted molar refractivity (Wildman–Crippen MR) is 61.2 cm³/mol. The van der Waals surface area contributed by atoms with Crippen LogP contribution in [0.1, 0.15) is 19.4 Å². The fourth-order valence-electron chi connectivity index (χ4n) is 1.61. The second kappa shape index (κ2) is 3.72. The Bertz CT molecular complexity index is 480. The molecule has 0 fully saturated rings. The molecule has 1 heterocycles. The molecule has 0 saturated carbocycles. The Morgan fingerprint density at radius 2 is 1.88 bits per heavy atom. The van der Waals surface area contributed by atoms with Gasteiger partial charge in [-0.05, 0) is 38.1 Å². The second-order valence-electron chi connectivity index (χ2n) is 4.39. The van der Waals surface area contributed by atoms with Crippen LogP contribution in [0.2, 0.25) is 0 Å². The molecule has 1 aromatic carbocycles. The average molecular weight is 219 g/mol. The summed E-state index contributed by atoms with van der Waals surface area (Å²) in [4.78, 5) is 0. The zero-order valence-electron chi connectivity index (χ0n) is 9.29.